The molecule has 1 aliphatic rings. The highest BCUT2D eigenvalue weighted by Crippen LogP contribution is 2.32. The summed E-state index contributed by atoms with van der Waals surface area (Å²) in [4.78, 5) is 26.5. The molecular formula is C26H23ClF3N3O3S. The van der Waals surface area contributed by atoms with Gasteiger partial charge in [0.15, 0.2) is 0 Å². The van der Waals surface area contributed by atoms with Crippen LogP contribution in [0.3, 0.4) is 0 Å². The van der Waals surface area contributed by atoms with E-state index < -0.39 is 46.2 Å². The Morgan fingerprint density at radius 3 is 2.51 bits per heavy atom. The normalized spacial score (nSPS) is 16.3. The van der Waals surface area contributed by atoms with Crippen LogP contribution in [0.4, 0.5) is 18.9 Å². The molecule has 1 saturated heterocycles. The largest absolute Gasteiger partial charge is 0.332 e. The minimum Gasteiger partial charge on any atom is -0.332 e. The summed E-state index contributed by atoms with van der Waals surface area (Å²) in [6.07, 6.45) is -0.499. The second-order valence-electron chi connectivity index (χ2n) is 8.82. The van der Waals surface area contributed by atoms with Crippen molar-refractivity contribution < 1.29 is 27.0 Å². The molecule has 3 aromatic carbocycles. The predicted molar refractivity (Wildman–Crippen MR) is 139 cm³/mol. The first-order valence-corrected chi connectivity index (χ1v) is 13.3. The molecule has 2 amide bonds. The number of likely N-dealkylation sites (tertiary alicyclic amines) is 1. The zero-order valence-electron chi connectivity index (χ0n) is 19.5. The van der Waals surface area contributed by atoms with E-state index in [1.165, 1.54) is 30.3 Å². The Morgan fingerprint density at radius 2 is 1.86 bits per heavy atom. The first-order chi connectivity index (χ1) is 17.3. The molecule has 0 bridgehead atoms. The van der Waals surface area contributed by atoms with Gasteiger partial charge in [-0.3, -0.25) is 14.7 Å². The SMILES string of the molecule is C=S(N)(=O)c1cc(NC(=O)Cc2ccccc2Cl)cc(-c2cc(C(=O)N3CCC(F)(F)C3)ccc2F)c1. The van der Waals surface area contributed by atoms with Gasteiger partial charge in [0.2, 0.25) is 5.91 Å². The van der Waals surface area contributed by atoms with Crippen LogP contribution in [0, 0.1) is 5.82 Å². The molecule has 11 heteroatoms. The average molecular weight is 550 g/mol. The number of nitrogens with two attached hydrogens (primary N) is 1. The molecule has 3 aromatic rings. The maximum Gasteiger partial charge on any atom is 0.267 e. The summed E-state index contributed by atoms with van der Waals surface area (Å²) in [5.41, 5.74) is 0.853. The van der Waals surface area contributed by atoms with Crippen LogP contribution in [0.1, 0.15) is 22.3 Å². The second-order valence-corrected chi connectivity index (χ2v) is 11.1. The zero-order valence-corrected chi connectivity index (χ0v) is 21.1. The highest BCUT2D eigenvalue weighted by Gasteiger charge is 2.40. The summed E-state index contributed by atoms with van der Waals surface area (Å²) in [7, 11) is -3.28. The molecule has 0 aromatic heterocycles. The first-order valence-electron chi connectivity index (χ1n) is 11.1. The van der Waals surface area contributed by atoms with E-state index in [4.69, 9.17) is 16.7 Å². The molecule has 4 rings (SSSR count). The lowest BCUT2D eigenvalue weighted by molar-refractivity contribution is -0.115. The fourth-order valence-corrected chi connectivity index (χ4v) is 4.87. The lowest BCUT2D eigenvalue weighted by atomic mass is 10.0. The summed E-state index contributed by atoms with van der Waals surface area (Å²) >= 11 is 6.13. The molecular weight excluding hydrogens is 527 g/mol. The van der Waals surface area contributed by atoms with Crippen LogP contribution in [-0.2, 0) is 20.9 Å². The smallest absolute Gasteiger partial charge is 0.267 e. The lowest BCUT2D eigenvalue weighted by Crippen LogP contribution is -2.31. The molecule has 1 heterocycles. The Morgan fingerprint density at radius 1 is 1.14 bits per heavy atom. The second kappa shape index (κ2) is 10.2. The molecule has 1 fully saturated rings. The van der Waals surface area contributed by atoms with Crippen molar-refractivity contribution in [2.45, 2.75) is 23.7 Å². The van der Waals surface area contributed by atoms with Gasteiger partial charge in [-0.05, 0) is 59.5 Å². The van der Waals surface area contributed by atoms with E-state index in [1.54, 1.807) is 24.3 Å². The molecule has 0 saturated carbocycles. The van der Waals surface area contributed by atoms with Gasteiger partial charge < -0.3 is 10.2 Å². The number of alkyl halides is 2. The zero-order chi connectivity index (χ0) is 27.0. The minimum atomic E-state index is -3.28. The standard InChI is InChI=1S/C26H23ClF3N3O3S/c1-37(31,36)20-11-18(10-19(14-20)32-24(34)13-16-4-2-3-5-22(16)27)21-12-17(6-7-23(21)28)25(35)33-9-8-26(29,30)15-33/h2-7,10-12,14H,1,8-9,13,15H2,(H2,31,36)(H,32,34). The van der Waals surface area contributed by atoms with Crippen LogP contribution < -0.4 is 10.5 Å². The van der Waals surface area contributed by atoms with Crippen molar-refractivity contribution in [2.24, 2.45) is 5.14 Å². The number of carbonyl (C=O) groups excluding carboxylic acids is 2. The van der Waals surface area contributed by atoms with Gasteiger partial charge in [-0.15, -0.1) is 0 Å². The van der Waals surface area contributed by atoms with Gasteiger partial charge in [-0.2, -0.15) is 0 Å². The number of nitrogens with one attached hydrogen (secondary N) is 1. The number of hydrogen-bond donors (Lipinski definition) is 2. The van der Waals surface area contributed by atoms with Gasteiger partial charge in [0.05, 0.1) is 22.7 Å². The van der Waals surface area contributed by atoms with Crippen LogP contribution in [0.5, 0.6) is 0 Å². The van der Waals surface area contributed by atoms with Crippen LogP contribution in [0.25, 0.3) is 11.1 Å². The van der Waals surface area contributed by atoms with Gasteiger partial charge in [-0.25, -0.2) is 17.4 Å². The van der Waals surface area contributed by atoms with Crippen molar-refractivity contribution >= 4 is 44.7 Å². The summed E-state index contributed by atoms with van der Waals surface area (Å²) in [5, 5.41) is 8.81. The molecule has 0 spiro atoms. The number of amides is 2. The van der Waals surface area contributed by atoms with Crippen molar-refractivity contribution in [3.05, 3.63) is 82.6 Å². The Balaban J connectivity index is 1.68. The highest BCUT2D eigenvalue weighted by atomic mass is 35.5. The monoisotopic (exact) mass is 549 g/mol. The van der Waals surface area contributed by atoms with Crippen LogP contribution in [0.15, 0.2) is 65.6 Å². The molecule has 3 N–H and O–H groups in total. The van der Waals surface area contributed by atoms with Crippen molar-refractivity contribution in [1.82, 2.24) is 4.90 Å². The van der Waals surface area contributed by atoms with Crippen molar-refractivity contribution in [2.75, 3.05) is 18.4 Å². The number of carbonyl (C=O) groups is 2. The molecule has 1 unspecified atom stereocenters. The fraction of sp³-hybridized carbons (Fsp3) is 0.192. The Hall–Kier alpha value is -3.34. The summed E-state index contributed by atoms with van der Waals surface area (Å²) in [5.74, 6) is -1.34. The van der Waals surface area contributed by atoms with Crippen LogP contribution in [-0.4, -0.2) is 45.8 Å². The van der Waals surface area contributed by atoms with E-state index in [-0.39, 0.29) is 40.2 Å². The number of halogens is 4. The molecule has 37 heavy (non-hydrogen) atoms. The van der Waals surface area contributed by atoms with Gasteiger partial charge >= 0.3 is 0 Å². The summed E-state index contributed by atoms with van der Waals surface area (Å²) < 4.78 is 54.7. The Labute approximate surface area is 217 Å². The molecule has 0 radical (unpaired) electrons. The number of rotatable bonds is 6. The fourth-order valence-electron chi connectivity index (χ4n) is 4.02. The van der Waals surface area contributed by atoms with E-state index >= 15 is 0 Å². The molecule has 1 atom stereocenters. The predicted octanol–water partition coefficient (Wildman–Crippen LogP) is 4.76. The third-order valence-electron chi connectivity index (χ3n) is 5.88. The third kappa shape index (κ3) is 6.33. The number of benzene rings is 3. The number of hydrogen-bond acceptors (Lipinski definition) is 3. The van der Waals surface area contributed by atoms with Gasteiger partial charge in [0.1, 0.15) is 5.82 Å². The molecule has 0 aliphatic carbocycles. The topological polar surface area (TPSA) is 92.5 Å². The molecule has 194 valence electrons. The van der Waals surface area contributed by atoms with Gasteiger partial charge in [-0.1, -0.05) is 29.8 Å². The minimum absolute atomic E-state index is 0.00640. The number of nitrogens with zero attached hydrogens (tertiary/aromatic N) is 1. The maximum absolute atomic E-state index is 14.9. The van der Waals surface area contributed by atoms with Gasteiger partial charge in [0.25, 0.3) is 11.8 Å². The average Bonchev–Trinajstić information content (AvgIpc) is 3.19. The molecule has 1 aliphatic heterocycles. The maximum atomic E-state index is 14.9. The van der Waals surface area contributed by atoms with E-state index in [0.717, 1.165) is 11.0 Å². The van der Waals surface area contributed by atoms with Crippen molar-refractivity contribution in [3.63, 3.8) is 0 Å². The summed E-state index contributed by atoms with van der Waals surface area (Å²) in [6.45, 7) is -0.835. The quantitative estimate of drug-likeness (QED) is 0.434. The van der Waals surface area contributed by atoms with Crippen molar-refractivity contribution in [3.8, 4) is 11.1 Å². The lowest BCUT2D eigenvalue weighted by Gasteiger charge is -2.17. The molecule has 6 nitrogen and oxygen atoms in total. The van der Waals surface area contributed by atoms with E-state index in [9.17, 15) is 27.0 Å². The van der Waals surface area contributed by atoms with E-state index in [0.29, 0.717) is 10.6 Å². The first kappa shape index (κ1) is 26.7. The van der Waals surface area contributed by atoms with Gasteiger partial charge in [0, 0.05) is 39.7 Å². The van der Waals surface area contributed by atoms with Crippen LogP contribution >= 0.6 is 11.6 Å². The van der Waals surface area contributed by atoms with Crippen LogP contribution in [0.2, 0.25) is 5.02 Å². The summed E-state index contributed by atoms with van der Waals surface area (Å²) in [6, 6.07) is 14.4. The Kier molecular flexibility index (Phi) is 7.36. The number of anilines is 1. The highest BCUT2D eigenvalue weighted by molar-refractivity contribution is 7.98. The van der Waals surface area contributed by atoms with E-state index in [2.05, 4.69) is 11.2 Å². The third-order valence-corrected chi connectivity index (χ3v) is 7.28. The van der Waals surface area contributed by atoms with E-state index in [1.807, 2.05) is 0 Å². The Bertz CT molecular complexity index is 1500. The van der Waals surface area contributed by atoms with Crippen molar-refractivity contribution in [1.29, 1.82) is 0 Å².